The van der Waals surface area contributed by atoms with E-state index in [9.17, 15) is 9.59 Å². The van der Waals surface area contributed by atoms with E-state index >= 15 is 0 Å². The molecule has 2 N–H and O–H groups in total. The van der Waals surface area contributed by atoms with E-state index in [1.807, 2.05) is 0 Å². The molecule has 0 unspecified atom stereocenters. The maximum Gasteiger partial charge on any atom is 0.354 e. The lowest BCUT2D eigenvalue weighted by Gasteiger charge is -2.18. The summed E-state index contributed by atoms with van der Waals surface area (Å²) in [6.45, 7) is 5.07. The first-order valence-electron chi connectivity index (χ1n) is 6.89. The first kappa shape index (κ1) is 14.5. The number of carboxylic acids is 1. The highest BCUT2D eigenvalue weighted by Crippen LogP contribution is 2.50. The van der Waals surface area contributed by atoms with Crippen LogP contribution in [0.25, 0.3) is 0 Å². The first-order valence-corrected chi connectivity index (χ1v) is 6.89. The van der Waals surface area contributed by atoms with Gasteiger partial charge in [0, 0.05) is 12.7 Å². The van der Waals surface area contributed by atoms with Crippen molar-refractivity contribution in [2.45, 2.75) is 33.1 Å². The summed E-state index contributed by atoms with van der Waals surface area (Å²) in [7, 11) is 0. The molecule has 0 aliphatic heterocycles. The molecule has 1 fully saturated rings. The molecule has 0 radical (unpaired) electrons. The molecule has 1 aliphatic carbocycles. The molecule has 20 heavy (non-hydrogen) atoms. The Balaban J connectivity index is 1.90. The Morgan fingerprint density at radius 2 is 2.10 bits per heavy atom. The Morgan fingerprint density at radius 3 is 2.55 bits per heavy atom. The van der Waals surface area contributed by atoms with Crippen LogP contribution in [0.4, 0.5) is 0 Å². The highest BCUT2D eigenvalue weighted by molar-refractivity contribution is 5.94. The lowest BCUT2D eigenvalue weighted by molar-refractivity contribution is 0.0689. The van der Waals surface area contributed by atoms with Gasteiger partial charge in [-0.15, -0.1) is 0 Å². The molecule has 1 heterocycles. The standard InChI is InChI=1S/C15H20N2O3/c1-10(2)7-15(5-6-15)9-17-13(18)11-3-4-12(14(19)20)16-8-11/h3-4,8,10H,5-7,9H2,1-2H3,(H,17,18)(H,19,20). The fourth-order valence-corrected chi connectivity index (χ4v) is 2.52. The van der Waals surface area contributed by atoms with E-state index in [4.69, 9.17) is 5.11 Å². The molecular formula is C15H20N2O3. The molecule has 1 amide bonds. The van der Waals surface area contributed by atoms with Gasteiger partial charge in [0.2, 0.25) is 0 Å². The minimum absolute atomic E-state index is 0.0555. The number of aromatic nitrogens is 1. The van der Waals surface area contributed by atoms with Crippen molar-refractivity contribution in [3.8, 4) is 0 Å². The number of carboxylic acid groups (broad SMARTS) is 1. The summed E-state index contributed by atoms with van der Waals surface area (Å²) in [5, 5.41) is 11.7. The van der Waals surface area contributed by atoms with Crippen LogP contribution in [0.3, 0.4) is 0 Å². The number of pyridine rings is 1. The van der Waals surface area contributed by atoms with E-state index < -0.39 is 5.97 Å². The molecule has 0 bridgehead atoms. The third-order valence-corrected chi connectivity index (χ3v) is 3.67. The van der Waals surface area contributed by atoms with Gasteiger partial charge < -0.3 is 10.4 Å². The Labute approximate surface area is 118 Å². The predicted octanol–water partition coefficient (Wildman–Crippen LogP) is 2.34. The monoisotopic (exact) mass is 276 g/mol. The zero-order valence-electron chi connectivity index (χ0n) is 11.8. The van der Waals surface area contributed by atoms with Crippen molar-refractivity contribution < 1.29 is 14.7 Å². The Hall–Kier alpha value is -1.91. The summed E-state index contributed by atoms with van der Waals surface area (Å²) in [6, 6.07) is 2.84. The van der Waals surface area contributed by atoms with E-state index in [1.54, 1.807) is 0 Å². The van der Waals surface area contributed by atoms with Gasteiger partial charge in [-0.2, -0.15) is 0 Å². The van der Waals surface area contributed by atoms with Gasteiger partial charge in [0.15, 0.2) is 0 Å². The maximum absolute atomic E-state index is 12.0. The largest absolute Gasteiger partial charge is 0.477 e. The van der Waals surface area contributed by atoms with Crippen molar-refractivity contribution in [3.63, 3.8) is 0 Å². The number of carbonyl (C=O) groups excluding carboxylic acids is 1. The van der Waals surface area contributed by atoms with Crippen LogP contribution in [-0.4, -0.2) is 28.5 Å². The summed E-state index contributed by atoms with van der Waals surface area (Å²) in [5.41, 5.74) is 0.619. The molecular weight excluding hydrogens is 256 g/mol. The van der Waals surface area contributed by atoms with Crippen molar-refractivity contribution >= 4 is 11.9 Å². The molecule has 2 rings (SSSR count). The second kappa shape index (κ2) is 5.61. The zero-order valence-corrected chi connectivity index (χ0v) is 11.8. The van der Waals surface area contributed by atoms with Crippen LogP contribution >= 0.6 is 0 Å². The number of hydrogen-bond donors (Lipinski definition) is 2. The summed E-state index contributed by atoms with van der Waals surface area (Å²) < 4.78 is 0. The SMILES string of the molecule is CC(C)CC1(CNC(=O)c2ccc(C(=O)O)nc2)CC1. The fourth-order valence-electron chi connectivity index (χ4n) is 2.52. The molecule has 0 atom stereocenters. The van der Waals surface area contributed by atoms with Gasteiger partial charge in [0.25, 0.3) is 5.91 Å². The Kier molecular flexibility index (Phi) is 4.06. The van der Waals surface area contributed by atoms with Crippen LogP contribution in [0.1, 0.15) is 54.0 Å². The van der Waals surface area contributed by atoms with Crippen LogP contribution in [0.5, 0.6) is 0 Å². The minimum atomic E-state index is -1.09. The Bertz CT molecular complexity index is 504. The van der Waals surface area contributed by atoms with Crippen molar-refractivity contribution in [1.82, 2.24) is 10.3 Å². The zero-order chi connectivity index (χ0) is 14.8. The van der Waals surface area contributed by atoms with Crippen molar-refractivity contribution in [2.24, 2.45) is 11.3 Å². The average molecular weight is 276 g/mol. The van der Waals surface area contributed by atoms with Gasteiger partial charge in [-0.1, -0.05) is 13.8 Å². The number of amides is 1. The normalized spacial score (nSPS) is 15.9. The maximum atomic E-state index is 12.0. The Morgan fingerprint density at radius 1 is 1.40 bits per heavy atom. The number of nitrogens with one attached hydrogen (secondary N) is 1. The topological polar surface area (TPSA) is 79.3 Å². The van der Waals surface area contributed by atoms with Crippen LogP contribution in [0.2, 0.25) is 0 Å². The molecule has 0 aromatic carbocycles. The number of aromatic carboxylic acids is 1. The molecule has 1 saturated carbocycles. The van der Waals surface area contributed by atoms with Crippen LogP contribution in [0, 0.1) is 11.3 Å². The second-order valence-corrected chi connectivity index (χ2v) is 6.02. The van der Waals surface area contributed by atoms with Crippen molar-refractivity contribution in [3.05, 3.63) is 29.6 Å². The third kappa shape index (κ3) is 3.56. The van der Waals surface area contributed by atoms with Crippen molar-refractivity contribution in [1.29, 1.82) is 0 Å². The van der Waals surface area contributed by atoms with Gasteiger partial charge in [-0.05, 0) is 42.7 Å². The summed E-state index contributed by atoms with van der Waals surface area (Å²) in [5.74, 6) is -0.652. The summed E-state index contributed by atoms with van der Waals surface area (Å²) >= 11 is 0. The molecule has 1 aliphatic rings. The van der Waals surface area contributed by atoms with Crippen LogP contribution in [0.15, 0.2) is 18.3 Å². The first-order chi connectivity index (χ1) is 9.42. The number of rotatable bonds is 6. The number of hydrogen-bond acceptors (Lipinski definition) is 3. The lowest BCUT2D eigenvalue weighted by Crippen LogP contribution is -2.31. The summed E-state index contributed by atoms with van der Waals surface area (Å²) in [6.07, 6.45) is 4.77. The molecule has 5 heteroatoms. The van der Waals surface area contributed by atoms with Crippen LogP contribution in [-0.2, 0) is 0 Å². The van der Waals surface area contributed by atoms with Crippen molar-refractivity contribution in [2.75, 3.05) is 6.54 Å². The van der Waals surface area contributed by atoms with Gasteiger partial charge in [-0.3, -0.25) is 4.79 Å². The molecule has 108 valence electrons. The van der Waals surface area contributed by atoms with E-state index in [0.717, 1.165) is 6.42 Å². The predicted molar refractivity (Wildman–Crippen MR) is 74.7 cm³/mol. The quantitative estimate of drug-likeness (QED) is 0.835. The van der Waals surface area contributed by atoms with E-state index in [-0.39, 0.29) is 17.0 Å². The highest BCUT2D eigenvalue weighted by Gasteiger charge is 2.42. The van der Waals surface area contributed by atoms with Crippen LogP contribution < -0.4 is 5.32 Å². The van der Waals surface area contributed by atoms with E-state index in [1.165, 1.54) is 31.2 Å². The van der Waals surface area contributed by atoms with E-state index in [0.29, 0.717) is 18.0 Å². The lowest BCUT2D eigenvalue weighted by atomic mass is 9.94. The average Bonchev–Trinajstić information content (AvgIpc) is 3.15. The van der Waals surface area contributed by atoms with E-state index in [2.05, 4.69) is 24.1 Å². The molecule has 1 aromatic rings. The molecule has 1 aromatic heterocycles. The highest BCUT2D eigenvalue weighted by atomic mass is 16.4. The molecule has 5 nitrogen and oxygen atoms in total. The fraction of sp³-hybridized carbons (Fsp3) is 0.533. The van der Waals surface area contributed by atoms with Gasteiger partial charge in [-0.25, -0.2) is 9.78 Å². The van der Waals surface area contributed by atoms with Gasteiger partial charge in [0.05, 0.1) is 5.56 Å². The van der Waals surface area contributed by atoms with Gasteiger partial charge in [0.1, 0.15) is 5.69 Å². The number of nitrogens with zero attached hydrogens (tertiary/aromatic N) is 1. The summed E-state index contributed by atoms with van der Waals surface area (Å²) in [4.78, 5) is 26.4. The third-order valence-electron chi connectivity index (χ3n) is 3.67. The smallest absolute Gasteiger partial charge is 0.354 e. The number of carbonyl (C=O) groups is 2. The minimum Gasteiger partial charge on any atom is -0.477 e. The molecule has 0 spiro atoms. The van der Waals surface area contributed by atoms with Gasteiger partial charge >= 0.3 is 5.97 Å². The molecule has 0 saturated heterocycles. The second-order valence-electron chi connectivity index (χ2n) is 6.02.